The first-order valence-electron chi connectivity index (χ1n) is 6.41. The molecule has 1 aliphatic heterocycles. The molecule has 0 saturated carbocycles. The number of carbonyl (C=O) groups excluding carboxylic acids is 2. The van der Waals surface area contributed by atoms with E-state index in [1.807, 2.05) is 11.4 Å². The highest BCUT2D eigenvalue weighted by Crippen LogP contribution is 2.10. The second-order valence-corrected chi connectivity index (χ2v) is 5.72. The van der Waals surface area contributed by atoms with E-state index in [1.54, 1.807) is 24.9 Å². The number of hydrogen-bond donors (Lipinski definition) is 2. The van der Waals surface area contributed by atoms with Crippen LogP contribution in [0.1, 0.15) is 23.0 Å². The number of thiophene rings is 1. The molecule has 1 aliphatic rings. The van der Waals surface area contributed by atoms with E-state index in [0.717, 1.165) is 19.5 Å². The van der Waals surface area contributed by atoms with Crippen LogP contribution in [0.15, 0.2) is 17.5 Å². The largest absolute Gasteiger partial charge is 0.340 e. The number of nitrogens with zero attached hydrogens (tertiary/aromatic N) is 1. The van der Waals surface area contributed by atoms with Gasteiger partial charge in [-0.1, -0.05) is 6.07 Å². The summed E-state index contributed by atoms with van der Waals surface area (Å²) in [4.78, 5) is 26.5. The fourth-order valence-corrected chi connectivity index (χ4v) is 2.82. The first-order chi connectivity index (χ1) is 9.09. The molecule has 1 aromatic heterocycles. The molecule has 1 saturated heterocycles. The molecule has 0 spiro atoms. The van der Waals surface area contributed by atoms with Crippen LogP contribution in [-0.2, 0) is 4.79 Å². The predicted octanol–water partition coefficient (Wildman–Crippen LogP) is 0.687. The van der Waals surface area contributed by atoms with Crippen molar-refractivity contribution >= 4 is 23.2 Å². The zero-order valence-electron chi connectivity index (χ0n) is 11.2. The maximum Gasteiger partial charge on any atom is 0.261 e. The van der Waals surface area contributed by atoms with Gasteiger partial charge in [-0.2, -0.15) is 0 Å². The Morgan fingerprint density at radius 2 is 2.37 bits per heavy atom. The van der Waals surface area contributed by atoms with Crippen molar-refractivity contribution in [3.05, 3.63) is 22.4 Å². The highest BCUT2D eigenvalue weighted by molar-refractivity contribution is 7.12. The van der Waals surface area contributed by atoms with E-state index in [1.165, 1.54) is 11.3 Å². The summed E-state index contributed by atoms with van der Waals surface area (Å²) in [6.45, 7) is 3.50. The van der Waals surface area contributed by atoms with Gasteiger partial charge in [-0.25, -0.2) is 0 Å². The molecule has 0 aromatic carbocycles. The van der Waals surface area contributed by atoms with Crippen molar-refractivity contribution in [2.75, 3.05) is 20.1 Å². The molecule has 0 radical (unpaired) electrons. The molecule has 104 valence electrons. The summed E-state index contributed by atoms with van der Waals surface area (Å²) in [5.41, 5.74) is 0. The van der Waals surface area contributed by atoms with Gasteiger partial charge in [-0.05, 0) is 31.3 Å². The van der Waals surface area contributed by atoms with Gasteiger partial charge in [-0.3, -0.25) is 9.59 Å². The van der Waals surface area contributed by atoms with E-state index in [2.05, 4.69) is 10.6 Å². The third kappa shape index (κ3) is 3.33. The first-order valence-corrected chi connectivity index (χ1v) is 7.29. The van der Waals surface area contributed by atoms with Gasteiger partial charge in [0.1, 0.15) is 6.04 Å². The van der Waals surface area contributed by atoms with Crippen molar-refractivity contribution in [1.82, 2.24) is 15.5 Å². The standard InChI is InChI=1S/C13H19N3O2S/c1-9(15-12(17)11-4-3-7-19-11)13(18)16(2)10-5-6-14-8-10/h3-4,7,9-10,14H,5-6,8H2,1-2H3,(H,15,17). The molecule has 0 aliphatic carbocycles. The van der Waals surface area contributed by atoms with Crippen LogP contribution in [0.2, 0.25) is 0 Å². The minimum Gasteiger partial charge on any atom is -0.340 e. The maximum atomic E-state index is 12.2. The highest BCUT2D eigenvalue weighted by atomic mass is 32.1. The van der Waals surface area contributed by atoms with E-state index in [4.69, 9.17) is 0 Å². The van der Waals surface area contributed by atoms with Crippen molar-refractivity contribution in [2.45, 2.75) is 25.4 Å². The maximum absolute atomic E-state index is 12.2. The Morgan fingerprint density at radius 1 is 1.58 bits per heavy atom. The van der Waals surface area contributed by atoms with E-state index in [9.17, 15) is 9.59 Å². The summed E-state index contributed by atoms with van der Waals surface area (Å²) >= 11 is 1.37. The number of likely N-dealkylation sites (N-methyl/N-ethyl adjacent to an activating group) is 1. The van der Waals surface area contributed by atoms with Crippen LogP contribution in [0.4, 0.5) is 0 Å². The van der Waals surface area contributed by atoms with E-state index >= 15 is 0 Å². The van der Waals surface area contributed by atoms with E-state index in [0.29, 0.717) is 4.88 Å². The Bertz CT molecular complexity index is 441. The van der Waals surface area contributed by atoms with Crippen molar-refractivity contribution < 1.29 is 9.59 Å². The van der Waals surface area contributed by atoms with E-state index < -0.39 is 6.04 Å². The quantitative estimate of drug-likeness (QED) is 0.853. The number of nitrogens with one attached hydrogen (secondary N) is 2. The molecule has 2 amide bonds. The van der Waals surface area contributed by atoms with Crippen LogP contribution < -0.4 is 10.6 Å². The summed E-state index contributed by atoms with van der Waals surface area (Å²) in [5, 5.41) is 7.82. The monoisotopic (exact) mass is 281 g/mol. The normalized spacial score (nSPS) is 20.0. The lowest BCUT2D eigenvalue weighted by Gasteiger charge is -2.27. The lowest BCUT2D eigenvalue weighted by atomic mass is 10.2. The van der Waals surface area contributed by atoms with Crippen molar-refractivity contribution in [3.8, 4) is 0 Å². The van der Waals surface area contributed by atoms with Crippen LogP contribution in [0.5, 0.6) is 0 Å². The van der Waals surface area contributed by atoms with Gasteiger partial charge in [0.25, 0.3) is 5.91 Å². The van der Waals surface area contributed by atoms with Gasteiger partial charge in [0.15, 0.2) is 0 Å². The average molecular weight is 281 g/mol. The summed E-state index contributed by atoms with van der Waals surface area (Å²) in [7, 11) is 1.80. The molecule has 6 heteroatoms. The van der Waals surface area contributed by atoms with Gasteiger partial charge < -0.3 is 15.5 Å². The van der Waals surface area contributed by atoms with Crippen molar-refractivity contribution in [2.24, 2.45) is 0 Å². The number of hydrogen-bond acceptors (Lipinski definition) is 4. The Labute approximate surface area is 117 Å². The summed E-state index contributed by atoms with van der Waals surface area (Å²) < 4.78 is 0. The minimum absolute atomic E-state index is 0.0430. The summed E-state index contributed by atoms with van der Waals surface area (Å²) in [6, 6.07) is 3.30. The molecule has 1 fully saturated rings. The first kappa shape index (κ1) is 14.0. The second kappa shape index (κ2) is 6.16. The average Bonchev–Trinajstić information content (AvgIpc) is 3.08. The van der Waals surface area contributed by atoms with Crippen LogP contribution in [0, 0.1) is 0 Å². The molecule has 2 rings (SSSR count). The van der Waals surface area contributed by atoms with Gasteiger partial charge in [0.05, 0.1) is 4.88 Å². The predicted molar refractivity (Wildman–Crippen MR) is 75.3 cm³/mol. The molecule has 2 atom stereocenters. The van der Waals surface area contributed by atoms with Crippen molar-refractivity contribution in [1.29, 1.82) is 0 Å². The lowest BCUT2D eigenvalue weighted by molar-refractivity contribution is -0.133. The topological polar surface area (TPSA) is 61.4 Å². The molecular formula is C13H19N3O2S. The second-order valence-electron chi connectivity index (χ2n) is 4.77. The zero-order valence-corrected chi connectivity index (χ0v) is 12.0. The number of rotatable bonds is 4. The van der Waals surface area contributed by atoms with Gasteiger partial charge >= 0.3 is 0 Å². The van der Waals surface area contributed by atoms with Crippen LogP contribution in [0.3, 0.4) is 0 Å². The van der Waals surface area contributed by atoms with E-state index in [-0.39, 0.29) is 17.9 Å². The Morgan fingerprint density at radius 3 is 2.95 bits per heavy atom. The third-order valence-corrected chi connectivity index (χ3v) is 4.26. The van der Waals surface area contributed by atoms with Gasteiger partial charge in [-0.15, -0.1) is 11.3 Å². The molecular weight excluding hydrogens is 262 g/mol. The Kier molecular flexibility index (Phi) is 4.55. The van der Waals surface area contributed by atoms with Crippen LogP contribution >= 0.6 is 11.3 Å². The summed E-state index contributed by atoms with van der Waals surface area (Å²) in [6.07, 6.45) is 0.966. The zero-order chi connectivity index (χ0) is 13.8. The molecule has 1 aromatic rings. The molecule has 19 heavy (non-hydrogen) atoms. The Balaban J connectivity index is 1.90. The number of carbonyl (C=O) groups is 2. The molecule has 2 N–H and O–H groups in total. The van der Waals surface area contributed by atoms with Gasteiger partial charge in [0, 0.05) is 19.6 Å². The van der Waals surface area contributed by atoms with Crippen LogP contribution in [-0.4, -0.2) is 48.9 Å². The smallest absolute Gasteiger partial charge is 0.261 e. The summed E-state index contributed by atoms with van der Waals surface area (Å²) in [5.74, 6) is -0.229. The third-order valence-electron chi connectivity index (χ3n) is 3.39. The van der Waals surface area contributed by atoms with Crippen LogP contribution in [0.25, 0.3) is 0 Å². The lowest BCUT2D eigenvalue weighted by Crippen LogP contribution is -2.49. The molecule has 2 heterocycles. The Hall–Kier alpha value is -1.40. The van der Waals surface area contributed by atoms with Gasteiger partial charge in [0.2, 0.25) is 5.91 Å². The molecule has 0 bridgehead atoms. The number of amides is 2. The minimum atomic E-state index is -0.500. The molecule has 2 unspecified atom stereocenters. The molecule has 5 nitrogen and oxygen atoms in total. The highest BCUT2D eigenvalue weighted by Gasteiger charge is 2.27. The fraction of sp³-hybridized carbons (Fsp3) is 0.538. The van der Waals surface area contributed by atoms with Crippen molar-refractivity contribution in [3.63, 3.8) is 0 Å². The SMILES string of the molecule is CC(NC(=O)c1cccs1)C(=O)N(C)C1CCNC1. The fourth-order valence-electron chi connectivity index (χ4n) is 2.19.